The van der Waals surface area contributed by atoms with E-state index < -0.39 is 0 Å². The maximum Gasteiger partial charge on any atom is 0.229 e. The standard InChI is InChI=1S/C13H20N4OS/c1-9(2)13-15-12(16-18-13)7-17(4)6-5-11-10(3)14-8-19-11/h8-9H,5-7H2,1-4H3. The van der Waals surface area contributed by atoms with Crippen molar-refractivity contribution in [3.05, 3.63) is 27.8 Å². The van der Waals surface area contributed by atoms with E-state index in [1.165, 1.54) is 4.88 Å². The molecule has 0 N–H and O–H groups in total. The minimum absolute atomic E-state index is 0.284. The van der Waals surface area contributed by atoms with Gasteiger partial charge in [-0.25, -0.2) is 4.98 Å². The fourth-order valence-electron chi connectivity index (χ4n) is 1.75. The third-order valence-electron chi connectivity index (χ3n) is 2.95. The molecule has 2 rings (SSSR count). The number of aromatic nitrogens is 3. The molecule has 0 saturated carbocycles. The summed E-state index contributed by atoms with van der Waals surface area (Å²) >= 11 is 1.72. The highest BCUT2D eigenvalue weighted by Crippen LogP contribution is 2.14. The van der Waals surface area contributed by atoms with Crippen molar-refractivity contribution in [2.75, 3.05) is 13.6 Å². The van der Waals surface area contributed by atoms with Gasteiger partial charge in [-0.15, -0.1) is 11.3 Å². The van der Waals surface area contributed by atoms with Gasteiger partial charge in [-0.3, -0.25) is 4.90 Å². The Bertz CT molecular complexity index is 520. The van der Waals surface area contributed by atoms with E-state index in [1.807, 2.05) is 19.4 Å². The SMILES string of the molecule is Cc1ncsc1CCN(C)Cc1noc(C(C)C)n1. The Kier molecular flexibility index (Phi) is 4.66. The Labute approximate surface area is 117 Å². The highest BCUT2D eigenvalue weighted by molar-refractivity contribution is 7.09. The molecule has 6 heteroatoms. The molecule has 0 bridgehead atoms. The van der Waals surface area contributed by atoms with E-state index >= 15 is 0 Å². The lowest BCUT2D eigenvalue weighted by molar-refractivity contribution is 0.308. The fourth-order valence-corrected chi connectivity index (χ4v) is 2.52. The van der Waals surface area contributed by atoms with Crippen molar-refractivity contribution in [2.24, 2.45) is 0 Å². The van der Waals surface area contributed by atoms with Crippen molar-refractivity contribution in [2.45, 2.75) is 39.7 Å². The average Bonchev–Trinajstić information content (AvgIpc) is 2.96. The first-order chi connectivity index (χ1) is 9.06. The largest absolute Gasteiger partial charge is 0.339 e. The zero-order chi connectivity index (χ0) is 13.8. The number of likely N-dealkylation sites (N-methyl/N-ethyl adjacent to an activating group) is 1. The van der Waals surface area contributed by atoms with Crippen molar-refractivity contribution in [1.29, 1.82) is 0 Å². The van der Waals surface area contributed by atoms with Crippen molar-refractivity contribution in [3.8, 4) is 0 Å². The molecule has 5 nitrogen and oxygen atoms in total. The minimum atomic E-state index is 0.284. The van der Waals surface area contributed by atoms with Crippen LogP contribution in [-0.2, 0) is 13.0 Å². The second kappa shape index (κ2) is 6.25. The highest BCUT2D eigenvalue weighted by atomic mass is 32.1. The molecule has 0 fully saturated rings. The minimum Gasteiger partial charge on any atom is -0.339 e. The normalized spacial score (nSPS) is 11.7. The monoisotopic (exact) mass is 280 g/mol. The number of nitrogens with zero attached hydrogens (tertiary/aromatic N) is 4. The number of rotatable bonds is 6. The first-order valence-corrected chi connectivity index (χ1v) is 7.34. The summed E-state index contributed by atoms with van der Waals surface area (Å²) in [6.45, 7) is 7.84. The molecule has 0 spiro atoms. The van der Waals surface area contributed by atoms with Gasteiger partial charge in [-0.05, 0) is 20.4 Å². The van der Waals surface area contributed by atoms with Crippen LogP contribution < -0.4 is 0 Å². The summed E-state index contributed by atoms with van der Waals surface area (Å²) in [5, 5.41) is 4.00. The van der Waals surface area contributed by atoms with Gasteiger partial charge in [0.15, 0.2) is 5.82 Å². The molecule has 0 aliphatic heterocycles. The molecule has 2 aromatic heterocycles. The second-order valence-corrected chi connectivity index (χ2v) is 5.99. The molecule has 0 aliphatic carbocycles. The van der Waals surface area contributed by atoms with Gasteiger partial charge in [-0.2, -0.15) is 4.98 Å². The number of hydrogen-bond acceptors (Lipinski definition) is 6. The Morgan fingerprint density at radius 1 is 1.42 bits per heavy atom. The van der Waals surface area contributed by atoms with E-state index in [-0.39, 0.29) is 5.92 Å². The molecule has 2 aromatic rings. The van der Waals surface area contributed by atoms with Crippen LogP contribution in [0.25, 0.3) is 0 Å². The van der Waals surface area contributed by atoms with Gasteiger partial charge >= 0.3 is 0 Å². The number of hydrogen-bond donors (Lipinski definition) is 0. The highest BCUT2D eigenvalue weighted by Gasteiger charge is 2.12. The summed E-state index contributed by atoms with van der Waals surface area (Å²) in [5.74, 6) is 1.75. The lowest BCUT2D eigenvalue weighted by Gasteiger charge is -2.13. The summed E-state index contributed by atoms with van der Waals surface area (Å²) in [7, 11) is 2.07. The molecule has 0 saturated heterocycles. The summed E-state index contributed by atoms with van der Waals surface area (Å²) in [6, 6.07) is 0. The average molecular weight is 280 g/mol. The summed E-state index contributed by atoms with van der Waals surface area (Å²) in [5.41, 5.74) is 3.04. The van der Waals surface area contributed by atoms with Crippen molar-refractivity contribution >= 4 is 11.3 Å². The van der Waals surface area contributed by atoms with Crippen LogP contribution in [-0.4, -0.2) is 33.6 Å². The van der Waals surface area contributed by atoms with Gasteiger partial charge < -0.3 is 4.52 Å². The van der Waals surface area contributed by atoms with E-state index in [2.05, 4.69) is 34.0 Å². The topological polar surface area (TPSA) is 55.1 Å². The molecule has 0 aliphatic rings. The lowest BCUT2D eigenvalue weighted by atomic mass is 10.2. The zero-order valence-corrected chi connectivity index (χ0v) is 12.7. The number of aryl methyl sites for hydroxylation is 1. The predicted molar refractivity (Wildman–Crippen MR) is 75.3 cm³/mol. The van der Waals surface area contributed by atoms with Gasteiger partial charge in [0.25, 0.3) is 0 Å². The van der Waals surface area contributed by atoms with E-state index in [0.717, 1.165) is 24.5 Å². The zero-order valence-electron chi connectivity index (χ0n) is 11.9. The molecule has 0 atom stereocenters. The maximum atomic E-state index is 5.20. The van der Waals surface area contributed by atoms with Gasteiger partial charge in [0.05, 0.1) is 17.7 Å². The first kappa shape index (κ1) is 14.1. The lowest BCUT2D eigenvalue weighted by Crippen LogP contribution is -2.21. The van der Waals surface area contributed by atoms with Crippen molar-refractivity contribution < 1.29 is 4.52 Å². The van der Waals surface area contributed by atoms with Crippen LogP contribution in [0.4, 0.5) is 0 Å². The first-order valence-electron chi connectivity index (χ1n) is 6.46. The van der Waals surface area contributed by atoms with Crippen LogP contribution in [0.5, 0.6) is 0 Å². The van der Waals surface area contributed by atoms with Gasteiger partial charge in [0.2, 0.25) is 5.89 Å². The molecule has 19 heavy (non-hydrogen) atoms. The van der Waals surface area contributed by atoms with Gasteiger partial charge in [0.1, 0.15) is 0 Å². The van der Waals surface area contributed by atoms with Gasteiger partial charge in [-0.1, -0.05) is 19.0 Å². The number of thiazole rings is 1. The smallest absolute Gasteiger partial charge is 0.229 e. The second-order valence-electron chi connectivity index (χ2n) is 5.05. The van der Waals surface area contributed by atoms with Crippen molar-refractivity contribution in [3.63, 3.8) is 0 Å². The molecule has 2 heterocycles. The van der Waals surface area contributed by atoms with E-state index in [4.69, 9.17) is 4.52 Å². The van der Waals surface area contributed by atoms with Crippen LogP contribution in [0.1, 0.15) is 42.1 Å². The van der Waals surface area contributed by atoms with E-state index in [0.29, 0.717) is 12.4 Å². The molecule has 0 unspecified atom stereocenters. The molecule has 104 valence electrons. The molecule has 0 radical (unpaired) electrons. The Hall–Kier alpha value is -1.27. The van der Waals surface area contributed by atoms with E-state index in [1.54, 1.807) is 11.3 Å². The van der Waals surface area contributed by atoms with Crippen LogP contribution in [0.3, 0.4) is 0 Å². The predicted octanol–water partition coefficient (Wildman–Crippen LogP) is 2.63. The summed E-state index contributed by atoms with van der Waals surface area (Å²) in [6.07, 6.45) is 1.02. The quantitative estimate of drug-likeness (QED) is 0.814. The Morgan fingerprint density at radius 2 is 2.21 bits per heavy atom. The third-order valence-corrected chi connectivity index (χ3v) is 3.95. The van der Waals surface area contributed by atoms with E-state index in [9.17, 15) is 0 Å². The van der Waals surface area contributed by atoms with Crippen molar-refractivity contribution in [1.82, 2.24) is 20.0 Å². The third kappa shape index (κ3) is 3.84. The van der Waals surface area contributed by atoms with Gasteiger partial charge in [0, 0.05) is 17.3 Å². The van der Waals surface area contributed by atoms with Crippen LogP contribution in [0, 0.1) is 6.92 Å². The Morgan fingerprint density at radius 3 is 2.79 bits per heavy atom. The Balaban J connectivity index is 1.83. The maximum absolute atomic E-state index is 5.20. The molecular weight excluding hydrogens is 260 g/mol. The van der Waals surface area contributed by atoms with Crippen LogP contribution >= 0.6 is 11.3 Å². The fraction of sp³-hybridized carbons (Fsp3) is 0.615. The summed E-state index contributed by atoms with van der Waals surface area (Å²) in [4.78, 5) is 12.2. The molecular formula is C13H20N4OS. The molecule has 0 aromatic carbocycles. The van der Waals surface area contributed by atoms with Crippen LogP contribution in [0.15, 0.2) is 10.0 Å². The molecule has 0 amide bonds. The summed E-state index contributed by atoms with van der Waals surface area (Å²) < 4.78 is 5.20. The van der Waals surface area contributed by atoms with Crippen LogP contribution in [0.2, 0.25) is 0 Å².